The Labute approximate surface area is 111 Å². The summed E-state index contributed by atoms with van der Waals surface area (Å²) in [7, 11) is 0. The zero-order chi connectivity index (χ0) is 13.4. The predicted octanol–water partition coefficient (Wildman–Crippen LogP) is 3.12. The van der Waals surface area contributed by atoms with Crippen molar-refractivity contribution in [2.24, 2.45) is 0 Å². The van der Waals surface area contributed by atoms with Crippen LogP contribution in [0.1, 0.15) is 21.7 Å². The number of aromatic carboxylic acids is 1. The van der Waals surface area contributed by atoms with E-state index < -0.39 is 5.97 Å². The van der Waals surface area contributed by atoms with Gasteiger partial charge in [-0.3, -0.25) is 0 Å². The summed E-state index contributed by atoms with van der Waals surface area (Å²) in [5.41, 5.74) is 2.43. The maximum absolute atomic E-state index is 10.7. The number of rotatable bonds is 2. The van der Waals surface area contributed by atoms with E-state index in [1.165, 1.54) is 6.07 Å². The third-order valence-electron chi connectivity index (χ3n) is 2.60. The molecule has 0 atom stereocenters. The normalized spacial score (nSPS) is 10.6. The number of aryl methyl sites for hydroxylation is 2. The van der Waals surface area contributed by atoms with Crippen molar-refractivity contribution in [2.75, 3.05) is 0 Å². The summed E-state index contributed by atoms with van der Waals surface area (Å²) in [6.45, 7) is 3.66. The summed E-state index contributed by atoms with van der Waals surface area (Å²) in [6.07, 6.45) is 0. The summed E-state index contributed by atoms with van der Waals surface area (Å²) in [6, 6.07) is 3.15. The van der Waals surface area contributed by atoms with Gasteiger partial charge < -0.3 is 14.7 Å². The van der Waals surface area contributed by atoms with Crippen LogP contribution in [0.2, 0.25) is 0 Å². The van der Waals surface area contributed by atoms with Gasteiger partial charge in [0.25, 0.3) is 0 Å². The Morgan fingerprint density at radius 1 is 1.33 bits per heavy atom. The van der Waals surface area contributed by atoms with E-state index in [1.54, 1.807) is 0 Å². The number of carboxylic acids is 1. The maximum Gasteiger partial charge on any atom is 0.374 e. The molecule has 0 unspecified atom stereocenters. The van der Waals surface area contributed by atoms with Gasteiger partial charge in [0.05, 0.1) is 4.47 Å². The Kier molecular flexibility index (Phi) is 3.13. The second kappa shape index (κ2) is 4.45. The van der Waals surface area contributed by atoms with E-state index >= 15 is 0 Å². The van der Waals surface area contributed by atoms with Gasteiger partial charge in [-0.1, -0.05) is 11.2 Å². The van der Waals surface area contributed by atoms with Gasteiger partial charge in [0, 0.05) is 11.6 Å². The average molecular weight is 312 g/mol. The highest BCUT2D eigenvalue weighted by Crippen LogP contribution is 2.39. The fourth-order valence-electron chi connectivity index (χ4n) is 1.76. The molecule has 6 heteroatoms. The van der Waals surface area contributed by atoms with Crippen LogP contribution < -0.4 is 0 Å². The second-order valence-electron chi connectivity index (χ2n) is 3.93. The van der Waals surface area contributed by atoms with Gasteiger partial charge in [-0.05, 0) is 40.9 Å². The Hall–Kier alpha value is -1.82. The first-order valence-electron chi connectivity index (χ1n) is 5.11. The van der Waals surface area contributed by atoms with Gasteiger partial charge in [0.1, 0.15) is 11.4 Å². The zero-order valence-corrected chi connectivity index (χ0v) is 11.3. The monoisotopic (exact) mass is 311 g/mol. The molecule has 0 aliphatic heterocycles. The van der Waals surface area contributed by atoms with Crippen LogP contribution in [0.5, 0.6) is 5.75 Å². The molecule has 1 aromatic heterocycles. The molecule has 0 radical (unpaired) electrons. The number of phenolic OH excluding ortho intramolecular Hbond substituents is 1. The number of hydrogen-bond donors (Lipinski definition) is 2. The molecular weight excluding hydrogens is 302 g/mol. The first-order chi connectivity index (χ1) is 8.41. The highest BCUT2D eigenvalue weighted by atomic mass is 79.9. The standard InChI is InChI=1S/C12H10BrNO4/c1-5-3-6(2)10(13)11(15)9(5)7-4-8(12(16)17)18-14-7/h3-4,15H,1-2H3,(H,16,17). The van der Waals surface area contributed by atoms with E-state index in [9.17, 15) is 9.90 Å². The van der Waals surface area contributed by atoms with Crippen molar-refractivity contribution in [1.29, 1.82) is 0 Å². The summed E-state index contributed by atoms with van der Waals surface area (Å²) in [5, 5.41) is 22.5. The molecule has 0 saturated heterocycles. The van der Waals surface area contributed by atoms with Gasteiger partial charge in [-0.15, -0.1) is 0 Å². The second-order valence-corrected chi connectivity index (χ2v) is 4.72. The van der Waals surface area contributed by atoms with E-state index in [-0.39, 0.29) is 11.5 Å². The molecule has 0 bridgehead atoms. The Balaban J connectivity index is 2.63. The van der Waals surface area contributed by atoms with Gasteiger partial charge in [-0.25, -0.2) is 4.79 Å². The lowest BCUT2D eigenvalue weighted by Gasteiger charge is -2.09. The van der Waals surface area contributed by atoms with Crippen LogP contribution >= 0.6 is 15.9 Å². The molecule has 0 fully saturated rings. The van der Waals surface area contributed by atoms with E-state index in [2.05, 4.69) is 25.6 Å². The third-order valence-corrected chi connectivity index (χ3v) is 3.60. The van der Waals surface area contributed by atoms with Gasteiger partial charge in [0.15, 0.2) is 0 Å². The van der Waals surface area contributed by atoms with Crippen LogP contribution in [-0.2, 0) is 0 Å². The first-order valence-corrected chi connectivity index (χ1v) is 5.90. The van der Waals surface area contributed by atoms with Crippen molar-refractivity contribution in [2.45, 2.75) is 13.8 Å². The molecule has 94 valence electrons. The molecule has 1 heterocycles. The van der Waals surface area contributed by atoms with Crippen molar-refractivity contribution >= 4 is 21.9 Å². The molecule has 0 saturated carbocycles. The topological polar surface area (TPSA) is 83.6 Å². The molecule has 0 amide bonds. The van der Waals surface area contributed by atoms with Crippen molar-refractivity contribution in [1.82, 2.24) is 5.16 Å². The number of carbonyl (C=O) groups is 1. The third kappa shape index (κ3) is 1.99. The lowest BCUT2D eigenvalue weighted by molar-refractivity contribution is 0.0652. The van der Waals surface area contributed by atoms with Crippen LogP contribution in [0, 0.1) is 13.8 Å². The quantitative estimate of drug-likeness (QED) is 0.890. The summed E-state index contributed by atoms with van der Waals surface area (Å²) < 4.78 is 5.24. The molecule has 1 aromatic carbocycles. The number of halogens is 1. The van der Waals surface area contributed by atoms with Crippen LogP contribution in [0.3, 0.4) is 0 Å². The average Bonchev–Trinajstić information content (AvgIpc) is 2.75. The molecule has 2 rings (SSSR count). The van der Waals surface area contributed by atoms with E-state index in [4.69, 9.17) is 5.11 Å². The first kappa shape index (κ1) is 12.6. The van der Waals surface area contributed by atoms with Gasteiger partial charge in [0.2, 0.25) is 5.76 Å². The zero-order valence-electron chi connectivity index (χ0n) is 9.69. The predicted molar refractivity (Wildman–Crippen MR) is 67.7 cm³/mol. The van der Waals surface area contributed by atoms with Crippen molar-refractivity contribution in [3.63, 3.8) is 0 Å². The van der Waals surface area contributed by atoms with Crippen LogP contribution in [-0.4, -0.2) is 21.3 Å². The van der Waals surface area contributed by atoms with Gasteiger partial charge in [-0.2, -0.15) is 0 Å². The van der Waals surface area contributed by atoms with Gasteiger partial charge >= 0.3 is 5.97 Å². The molecule has 0 aliphatic carbocycles. The smallest absolute Gasteiger partial charge is 0.374 e. The SMILES string of the molecule is Cc1cc(C)c(-c2cc(C(=O)O)on2)c(O)c1Br. The number of aromatic hydroxyl groups is 1. The summed E-state index contributed by atoms with van der Waals surface area (Å²) >= 11 is 3.27. The van der Waals surface area contributed by atoms with Crippen LogP contribution in [0.4, 0.5) is 0 Å². The fourth-order valence-corrected chi connectivity index (χ4v) is 2.07. The maximum atomic E-state index is 10.7. The van der Waals surface area contributed by atoms with E-state index in [0.717, 1.165) is 11.1 Å². The Morgan fingerprint density at radius 3 is 2.56 bits per heavy atom. The number of carboxylic acid groups (broad SMARTS) is 1. The van der Waals surface area contributed by atoms with Crippen molar-refractivity contribution < 1.29 is 19.5 Å². The number of nitrogens with zero attached hydrogens (tertiary/aromatic N) is 1. The molecule has 2 aromatic rings. The molecule has 5 nitrogen and oxygen atoms in total. The molecular formula is C12H10BrNO4. The fraction of sp³-hybridized carbons (Fsp3) is 0.167. The van der Waals surface area contributed by atoms with Crippen LogP contribution in [0.15, 0.2) is 21.1 Å². The molecule has 0 aliphatic rings. The minimum Gasteiger partial charge on any atom is -0.506 e. The summed E-state index contributed by atoms with van der Waals surface area (Å²) in [4.78, 5) is 10.7. The van der Waals surface area contributed by atoms with E-state index in [0.29, 0.717) is 15.7 Å². The number of phenols is 1. The largest absolute Gasteiger partial charge is 0.506 e. The van der Waals surface area contributed by atoms with E-state index in [1.807, 2.05) is 19.9 Å². The van der Waals surface area contributed by atoms with Crippen molar-refractivity contribution in [3.8, 4) is 17.0 Å². The number of hydrogen-bond acceptors (Lipinski definition) is 4. The minimum atomic E-state index is -1.20. The minimum absolute atomic E-state index is 0.0257. The molecule has 2 N–H and O–H groups in total. The Bertz CT molecular complexity index is 633. The Morgan fingerprint density at radius 2 is 2.00 bits per heavy atom. The highest BCUT2D eigenvalue weighted by Gasteiger charge is 2.19. The molecule has 0 spiro atoms. The lowest BCUT2D eigenvalue weighted by atomic mass is 10.0. The number of aromatic nitrogens is 1. The van der Waals surface area contributed by atoms with Crippen molar-refractivity contribution in [3.05, 3.63) is 33.5 Å². The van der Waals surface area contributed by atoms with Crippen LogP contribution in [0.25, 0.3) is 11.3 Å². The highest BCUT2D eigenvalue weighted by molar-refractivity contribution is 9.10. The number of benzene rings is 1. The lowest BCUT2D eigenvalue weighted by Crippen LogP contribution is -1.92. The molecule has 18 heavy (non-hydrogen) atoms. The summed E-state index contributed by atoms with van der Waals surface area (Å²) in [5.74, 6) is -1.43.